The number of hydrogen-bond donors (Lipinski definition) is 0. The van der Waals surface area contributed by atoms with E-state index in [0.717, 1.165) is 12.5 Å². The van der Waals surface area contributed by atoms with E-state index in [0.29, 0.717) is 5.60 Å². The van der Waals surface area contributed by atoms with E-state index in [1.807, 2.05) is 0 Å². The molecule has 0 aromatic heterocycles. The predicted molar refractivity (Wildman–Crippen MR) is 45.5 cm³/mol. The van der Waals surface area contributed by atoms with Crippen LogP contribution in [0.4, 0.5) is 0 Å². The fourth-order valence-corrected chi connectivity index (χ4v) is 2.66. The van der Waals surface area contributed by atoms with Crippen LogP contribution in [0.3, 0.4) is 0 Å². The first-order chi connectivity index (χ1) is 5.37. The van der Waals surface area contributed by atoms with E-state index in [9.17, 15) is 0 Å². The van der Waals surface area contributed by atoms with Crippen LogP contribution in [0.15, 0.2) is 0 Å². The molecule has 1 heterocycles. The standard InChI is InChI=1S/C10H18O/c1-2-4-9-5-7-10(9)6-3-8-11-10/h9H,2-8H2,1H3. The highest BCUT2D eigenvalue weighted by atomic mass is 16.5. The summed E-state index contributed by atoms with van der Waals surface area (Å²) in [4.78, 5) is 0. The van der Waals surface area contributed by atoms with Gasteiger partial charge in [-0.2, -0.15) is 0 Å². The van der Waals surface area contributed by atoms with E-state index in [4.69, 9.17) is 4.74 Å². The maximum Gasteiger partial charge on any atom is 0.0711 e. The summed E-state index contributed by atoms with van der Waals surface area (Å²) in [5.41, 5.74) is 0.385. The van der Waals surface area contributed by atoms with E-state index < -0.39 is 0 Å². The molecule has 11 heavy (non-hydrogen) atoms. The average molecular weight is 154 g/mol. The number of rotatable bonds is 2. The van der Waals surface area contributed by atoms with Crippen molar-refractivity contribution in [3.05, 3.63) is 0 Å². The lowest BCUT2D eigenvalue weighted by molar-refractivity contribution is -0.112. The fourth-order valence-electron chi connectivity index (χ4n) is 2.66. The number of hydrogen-bond acceptors (Lipinski definition) is 1. The summed E-state index contributed by atoms with van der Waals surface area (Å²) in [6.07, 6.45) is 8.14. The zero-order valence-corrected chi connectivity index (χ0v) is 7.44. The topological polar surface area (TPSA) is 9.23 Å². The van der Waals surface area contributed by atoms with Gasteiger partial charge >= 0.3 is 0 Å². The Labute approximate surface area is 69.1 Å². The molecular formula is C10H18O. The molecule has 1 nitrogen and oxygen atoms in total. The molecule has 0 aromatic rings. The Hall–Kier alpha value is -0.0400. The minimum Gasteiger partial charge on any atom is -0.375 e. The van der Waals surface area contributed by atoms with Crippen molar-refractivity contribution in [3.63, 3.8) is 0 Å². The molecular weight excluding hydrogens is 136 g/mol. The molecule has 1 saturated heterocycles. The van der Waals surface area contributed by atoms with Crippen molar-refractivity contribution in [1.29, 1.82) is 0 Å². The van der Waals surface area contributed by atoms with Gasteiger partial charge < -0.3 is 4.74 Å². The second kappa shape index (κ2) is 2.78. The van der Waals surface area contributed by atoms with E-state index in [1.54, 1.807) is 0 Å². The molecule has 64 valence electrons. The molecule has 0 radical (unpaired) electrons. The third-order valence-electron chi connectivity index (χ3n) is 3.43. The maximum absolute atomic E-state index is 5.84. The molecule has 2 unspecified atom stereocenters. The van der Waals surface area contributed by atoms with Gasteiger partial charge in [0, 0.05) is 6.61 Å². The van der Waals surface area contributed by atoms with E-state index in [-0.39, 0.29) is 0 Å². The van der Waals surface area contributed by atoms with Gasteiger partial charge in [0.15, 0.2) is 0 Å². The molecule has 2 atom stereocenters. The van der Waals surface area contributed by atoms with Gasteiger partial charge in [-0.1, -0.05) is 13.3 Å². The van der Waals surface area contributed by atoms with Gasteiger partial charge in [0.05, 0.1) is 5.60 Å². The van der Waals surface area contributed by atoms with Gasteiger partial charge in [-0.3, -0.25) is 0 Å². The lowest BCUT2D eigenvalue weighted by Gasteiger charge is -2.46. The third kappa shape index (κ3) is 1.10. The van der Waals surface area contributed by atoms with Gasteiger partial charge in [-0.15, -0.1) is 0 Å². The first kappa shape index (κ1) is 7.60. The smallest absolute Gasteiger partial charge is 0.0711 e. The van der Waals surface area contributed by atoms with Gasteiger partial charge in [0.2, 0.25) is 0 Å². The predicted octanol–water partition coefficient (Wildman–Crippen LogP) is 2.75. The van der Waals surface area contributed by atoms with Crippen molar-refractivity contribution in [2.45, 2.75) is 51.0 Å². The van der Waals surface area contributed by atoms with Crippen LogP contribution in [0.5, 0.6) is 0 Å². The van der Waals surface area contributed by atoms with Crippen molar-refractivity contribution in [2.24, 2.45) is 5.92 Å². The Morgan fingerprint density at radius 3 is 2.82 bits per heavy atom. The third-order valence-corrected chi connectivity index (χ3v) is 3.43. The van der Waals surface area contributed by atoms with Crippen LogP contribution < -0.4 is 0 Å². The zero-order chi connectivity index (χ0) is 7.73. The summed E-state index contributed by atoms with van der Waals surface area (Å²) < 4.78 is 5.84. The van der Waals surface area contributed by atoms with E-state index in [1.165, 1.54) is 38.5 Å². The molecule has 0 N–H and O–H groups in total. The Morgan fingerprint density at radius 2 is 2.36 bits per heavy atom. The van der Waals surface area contributed by atoms with Crippen LogP contribution in [-0.4, -0.2) is 12.2 Å². The SMILES string of the molecule is CCCC1CCC12CCCO2. The van der Waals surface area contributed by atoms with Crippen molar-refractivity contribution in [2.75, 3.05) is 6.61 Å². The van der Waals surface area contributed by atoms with Crippen LogP contribution in [0.2, 0.25) is 0 Å². The van der Waals surface area contributed by atoms with Crippen LogP contribution in [0.1, 0.15) is 45.4 Å². The number of ether oxygens (including phenoxy) is 1. The summed E-state index contributed by atoms with van der Waals surface area (Å²) in [6, 6.07) is 0. The lowest BCUT2D eigenvalue weighted by atomic mass is 9.66. The highest BCUT2D eigenvalue weighted by Gasteiger charge is 2.48. The normalized spacial score (nSPS) is 42.8. The first-order valence-electron chi connectivity index (χ1n) is 5.01. The molecule has 1 saturated carbocycles. The monoisotopic (exact) mass is 154 g/mol. The van der Waals surface area contributed by atoms with Crippen LogP contribution in [-0.2, 0) is 4.74 Å². The molecule has 2 aliphatic rings. The summed E-state index contributed by atoms with van der Waals surface area (Å²) in [7, 11) is 0. The zero-order valence-electron chi connectivity index (χ0n) is 7.44. The first-order valence-corrected chi connectivity index (χ1v) is 5.01. The quantitative estimate of drug-likeness (QED) is 0.594. The lowest BCUT2D eigenvalue weighted by Crippen LogP contribution is -2.46. The Balaban J connectivity index is 1.92. The maximum atomic E-state index is 5.84. The van der Waals surface area contributed by atoms with Crippen molar-refractivity contribution in [1.82, 2.24) is 0 Å². The molecule has 0 bridgehead atoms. The molecule has 2 rings (SSSR count). The van der Waals surface area contributed by atoms with Gasteiger partial charge in [0.25, 0.3) is 0 Å². The van der Waals surface area contributed by atoms with Gasteiger partial charge in [-0.05, 0) is 38.0 Å². The molecule has 0 amide bonds. The highest BCUT2D eigenvalue weighted by Crippen LogP contribution is 2.50. The Morgan fingerprint density at radius 1 is 1.45 bits per heavy atom. The minimum atomic E-state index is 0.385. The molecule has 1 spiro atoms. The van der Waals surface area contributed by atoms with Crippen molar-refractivity contribution in [3.8, 4) is 0 Å². The Kier molecular flexibility index (Phi) is 1.92. The molecule has 1 aliphatic heterocycles. The molecule has 0 aromatic carbocycles. The molecule has 1 aliphatic carbocycles. The summed E-state index contributed by atoms with van der Waals surface area (Å²) in [6.45, 7) is 3.31. The summed E-state index contributed by atoms with van der Waals surface area (Å²) >= 11 is 0. The highest BCUT2D eigenvalue weighted by molar-refractivity contribution is 4.99. The second-order valence-electron chi connectivity index (χ2n) is 4.04. The van der Waals surface area contributed by atoms with Crippen molar-refractivity contribution < 1.29 is 4.74 Å². The molecule has 2 fully saturated rings. The largest absolute Gasteiger partial charge is 0.375 e. The van der Waals surface area contributed by atoms with Crippen LogP contribution >= 0.6 is 0 Å². The minimum absolute atomic E-state index is 0.385. The van der Waals surface area contributed by atoms with Crippen LogP contribution in [0, 0.1) is 5.92 Å². The molecule has 1 heteroatoms. The second-order valence-corrected chi connectivity index (χ2v) is 4.04. The summed E-state index contributed by atoms with van der Waals surface area (Å²) in [5, 5.41) is 0. The average Bonchev–Trinajstić information content (AvgIpc) is 2.48. The van der Waals surface area contributed by atoms with Crippen LogP contribution in [0.25, 0.3) is 0 Å². The summed E-state index contributed by atoms with van der Waals surface area (Å²) in [5.74, 6) is 0.912. The van der Waals surface area contributed by atoms with Gasteiger partial charge in [-0.25, -0.2) is 0 Å². The Bertz CT molecular complexity index is 136. The van der Waals surface area contributed by atoms with Gasteiger partial charge in [0.1, 0.15) is 0 Å². The van der Waals surface area contributed by atoms with E-state index >= 15 is 0 Å². The van der Waals surface area contributed by atoms with E-state index in [2.05, 4.69) is 6.92 Å². The fraction of sp³-hybridized carbons (Fsp3) is 1.00. The van der Waals surface area contributed by atoms with Crippen molar-refractivity contribution >= 4 is 0 Å².